The summed E-state index contributed by atoms with van der Waals surface area (Å²) in [5.41, 5.74) is 7.44. The van der Waals surface area contributed by atoms with Crippen molar-refractivity contribution in [3.63, 3.8) is 0 Å². The van der Waals surface area contributed by atoms with Gasteiger partial charge in [-0.1, -0.05) is 37.6 Å². The molecule has 0 fully saturated rings. The maximum atomic E-state index is 11.8. The van der Waals surface area contributed by atoms with Gasteiger partial charge < -0.3 is 5.73 Å². The first-order valence-corrected chi connectivity index (χ1v) is 6.61. The molecule has 0 bridgehead atoms. The van der Waals surface area contributed by atoms with Gasteiger partial charge in [0.15, 0.2) is 5.96 Å². The number of halogens is 1. The second-order valence-corrected chi connectivity index (χ2v) is 5.29. The summed E-state index contributed by atoms with van der Waals surface area (Å²) >= 11 is 6.07. The Balaban J connectivity index is 2.63. The van der Waals surface area contributed by atoms with Crippen molar-refractivity contribution in [2.24, 2.45) is 16.6 Å². The summed E-state index contributed by atoms with van der Waals surface area (Å²) in [5.74, 6) is 0.353. The van der Waals surface area contributed by atoms with Crippen LogP contribution < -0.4 is 11.1 Å². The van der Waals surface area contributed by atoms with E-state index in [9.17, 15) is 4.79 Å². The van der Waals surface area contributed by atoms with Crippen LogP contribution >= 0.6 is 11.6 Å². The van der Waals surface area contributed by atoms with Gasteiger partial charge in [0, 0.05) is 11.6 Å². The third-order valence-electron chi connectivity index (χ3n) is 2.58. The molecule has 19 heavy (non-hydrogen) atoms. The first-order valence-electron chi connectivity index (χ1n) is 6.24. The van der Waals surface area contributed by atoms with Crippen LogP contribution in [0.5, 0.6) is 0 Å². The van der Waals surface area contributed by atoms with Crippen LogP contribution in [0.4, 0.5) is 0 Å². The molecule has 0 spiro atoms. The number of hydrogen-bond acceptors (Lipinski definition) is 2. The molecule has 1 amide bonds. The number of nitrogens with zero attached hydrogens (tertiary/aromatic N) is 1. The van der Waals surface area contributed by atoms with Gasteiger partial charge in [-0.2, -0.15) is 0 Å². The van der Waals surface area contributed by atoms with Crippen LogP contribution in [-0.4, -0.2) is 18.4 Å². The van der Waals surface area contributed by atoms with Gasteiger partial charge >= 0.3 is 0 Å². The van der Waals surface area contributed by atoms with Crippen molar-refractivity contribution >= 4 is 23.5 Å². The van der Waals surface area contributed by atoms with Crippen molar-refractivity contribution in [1.29, 1.82) is 0 Å². The fourth-order valence-corrected chi connectivity index (χ4v) is 1.85. The number of carbonyl (C=O) groups excluding carboxylic acids is 1. The molecule has 104 valence electrons. The molecule has 0 atom stereocenters. The van der Waals surface area contributed by atoms with Gasteiger partial charge in [-0.15, -0.1) is 0 Å². The van der Waals surface area contributed by atoms with Gasteiger partial charge in [0.05, 0.1) is 6.42 Å². The Kier molecular flexibility index (Phi) is 5.83. The summed E-state index contributed by atoms with van der Waals surface area (Å²) in [5, 5.41) is 3.16. The molecule has 1 rings (SSSR count). The lowest BCUT2D eigenvalue weighted by atomic mass is 10.1. The molecule has 0 radical (unpaired) electrons. The van der Waals surface area contributed by atoms with Gasteiger partial charge in [-0.05, 0) is 30.0 Å². The molecule has 0 aliphatic carbocycles. The highest BCUT2D eigenvalue weighted by Gasteiger charge is 2.10. The number of carbonyl (C=O) groups is 1. The third kappa shape index (κ3) is 5.30. The van der Waals surface area contributed by atoms with Crippen LogP contribution in [0.1, 0.15) is 25.0 Å². The van der Waals surface area contributed by atoms with E-state index < -0.39 is 0 Å². The Labute approximate surface area is 119 Å². The van der Waals surface area contributed by atoms with Crippen LogP contribution in [0.3, 0.4) is 0 Å². The van der Waals surface area contributed by atoms with Gasteiger partial charge in [-0.3, -0.25) is 15.1 Å². The molecule has 0 saturated heterocycles. The van der Waals surface area contributed by atoms with E-state index in [0.717, 1.165) is 11.1 Å². The second-order valence-electron chi connectivity index (χ2n) is 4.88. The molecule has 0 aromatic heterocycles. The average Bonchev–Trinajstić information content (AvgIpc) is 2.31. The standard InChI is InChI=1S/C14H20ClN3O/c1-9(2)8-17-14(16)18-13(19)7-11-10(3)5-4-6-12(11)15/h4-6,9H,7-8H2,1-3H3,(H3,16,17,18,19). The zero-order valence-electron chi connectivity index (χ0n) is 11.5. The number of nitrogens with two attached hydrogens (primary N) is 1. The number of guanidine groups is 1. The number of nitrogens with one attached hydrogen (secondary N) is 1. The Morgan fingerprint density at radius 3 is 2.74 bits per heavy atom. The first kappa shape index (κ1) is 15.5. The minimum Gasteiger partial charge on any atom is -0.370 e. The molecular formula is C14H20ClN3O. The SMILES string of the molecule is Cc1cccc(Cl)c1CC(=O)NC(N)=NCC(C)C. The van der Waals surface area contributed by atoms with Crippen molar-refractivity contribution in [2.75, 3.05) is 6.54 Å². The molecule has 1 aromatic carbocycles. The van der Waals surface area contributed by atoms with E-state index >= 15 is 0 Å². The molecule has 3 N–H and O–H groups in total. The number of amides is 1. The van der Waals surface area contributed by atoms with Crippen LogP contribution in [0.25, 0.3) is 0 Å². The molecule has 0 unspecified atom stereocenters. The number of benzene rings is 1. The van der Waals surface area contributed by atoms with Gasteiger partial charge in [0.2, 0.25) is 5.91 Å². The summed E-state index contributed by atoms with van der Waals surface area (Å²) in [6.07, 6.45) is 0.198. The summed E-state index contributed by atoms with van der Waals surface area (Å²) in [7, 11) is 0. The topological polar surface area (TPSA) is 67.5 Å². The minimum absolute atomic E-state index is 0.156. The highest BCUT2D eigenvalue weighted by molar-refractivity contribution is 6.31. The van der Waals surface area contributed by atoms with E-state index in [2.05, 4.69) is 10.3 Å². The normalized spacial score (nSPS) is 11.7. The van der Waals surface area contributed by atoms with E-state index in [1.807, 2.05) is 32.9 Å². The Hall–Kier alpha value is -1.55. The minimum atomic E-state index is -0.207. The number of rotatable bonds is 4. The van der Waals surface area contributed by atoms with Crippen LogP contribution in [-0.2, 0) is 11.2 Å². The van der Waals surface area contributed by atoms with E-state index in [4.69, 9.17) is 17.3 Å². The van der Waals surface area contributed by atoms with Crippen molar-refractivity contribution in [3.05, 3.63) is 34.3 Å². The molecule has 0 aliphatic heterocycles. The Bertz CT molecular complexity index is 463. The summed E-state index contributed by atoms with van der Waals surface area (Å²) < 4.78 is 0. The predicted molar refractivity (Wildman–Crippen MR) is 79.4 cm³/mol. The molecule has 4 nitrogen and oxygen atoms in total. The maximum Gasteiger partial charge on any atom is 0.231 e. The van der Waals surface area contributed by atoms with Gasteiger partial charge in [0.25, 0.3) is 0 Å². The van der Waals surface area contributed by atoms with E-state index in [-0.39, 0.29) is 18.3 Å². The zero-order chi connectivity index (χ0) is 14.4. The van der Waals surface area contributed by atoms with Crippen LogP contribution in [0, 0.1) is 12.8 Å². The molecule has 0 saturated carbocycles. The molecule has 5 heteroatoms. The first-order chi connectivity index (χ1) is 8.90. The van der Waals surface area contributed by atoms with Crippen molar-refractivity contribution in [1.82, 2.24) is 5.32 Å². The second kappa shape index (κ2) is 7.14. The number of aryl methyl sites for hydroxylation is 1. The molecule has 1 aromatic rings. The number of hydrogen-bond donors (Lipinski definition) is 2. The van der Waals surface area contributed by atoms with E-state index in [1.165, 1.54) is 0 Å². The van der Waals surface area contributed by atoms with Crippen molar-refractivity contribution in [3.8, 4) is 0 Å². The molecular weight excluding hydrogens is 262 g/mol. The van der Waals surface area contributed by atoms with E-state index in [1.54, 1.807) is 6.07 Å². The quantitative estimate of drug-likeness (QED) is 0.657. The molecule has 0 heterocycles. The lowest BCUT2D eigenvalue weighted by Gasteiger charge is -2.09. The maximum absolute atomic E-state index is 11.8. The zero-order valence-corrected chi connectivity index (χ0v) is 12.3. The summed E-state index contributed by atoms with van der Waals surface area (Å²) in [6, 6.07) is 5.55. The van der Waals surface area contributed by atoms with Crippen LogP contribution in [0.2, 0.25) is 5.02 Å². The van der Waals surface area contributed by atoms with Crippen LogP contribution in [0.15, 0.2) is 23.2 Å². The third-order valence-corrected chi connectivity index (χ3v) is 2.94. The lowest BCUT2D eigenvalue weighted by molar-refractivity contribution is -0.119. The lowest BCUT2D eigenvalue weighted by Crippen LogP contribution is -2.38. The summed E-state index contributed by atoms with van der Waals surface area (Å²) in [6.45, 7) is 6.58. The highest BCUT2D eigenvalue weighted by Crippen LogP contribution is 2.19. The van der Waals surface area contributed by atoms with Gasteiger partial charge in [0.1, 0.15) is 0 Å². The Morgan fingerprint density at radius 2 is 2.16 bits per heavy atom. The van der Waals surface area contributed by atoms with Crippen molar-refractivity contribution in [2.45, 2.75) is 27.2 Å². The highest BCUT2D eigenvalue weighted by atomic mass is 35.5. The smallest absolute Gasteiger partial charge is 0.231 e. The van der Waals surface area contributed by atoms with E-state index in [0.29, 0.717) is 17.5 Å². The monoisotopic (exact) mass is 281 g/mol. The average molecular weight is 282 g/mol. The number of aliphatic imine (C=N–C) groups is 1. The fraction of sp³-hybridized carbons (Fsp3) is 0.429. The molecule has 0 aliphatic rings. The van der Waals surface area contributed by atoms with Crippen molar-refractivity contribution < 1.29 is 4.79 Å². The summed E-state index contributed by atoms with van der Waals surface area (Å²) in [4.78, 5) is 15.9. The largest absolute Gasteiger partial charge is 0.370 e. The van der Waals surface area contributed by atoms with Gasteiger partial charge in [-0.25, -0.2) is 0 Å². The Morgan fingerprint density at radius 1 is 1.47 bits per heavy atom. The predicted octanol–water partition coefficient (Wildman–Crippen LogP) is 2.28. The fourth-order valence-electron chi connectivity index (χ4n) is 1.56.